The maximum Gasteiger partial charge on any atom is 0.222 e. The molecule has 1 fully saturated rings. The zero-order chi connectivity index (χ0) is 9.84. The van der Waals surface area contributed by atoms with E-state index in [4.69, 9.17) is 5.73 Å². The Morgan fingerprint density at radius 1 is 1.54 bits per heavy atom. The summed E-state index contributed by atoms with van der Waals surface area (Å²) in [6.45, 7) is 4.58. The molecular formula is C10H20N2O. The Morgan fingerprint density at radius 2 is 2.23 bits per heavy atom. The van der Waals surface area contributed by atoms with Crippen molar-refractivity contribution in [3.8, 4) is 0 Å². The lowest BCUT2D eigenvalue weighted by Crippen LogP contribution is -2.37. The second-order valence-corrected chi connectivity index (χ2v) is 4.25. The third-order valence-corrected chi connectivity index (χ3v) is 2.78. The summed E-state index contributed by atoms with van der Waals surface area (Å²) in [7, 11) is 0. The number of hydrogen-bond donors (Lipinski definition) is 2. The largest absolute Gasteiger partial charge is 0.356 e. The van der Waals surface area contributed by atoms with E-state index in [0.29, 0.717) is 12.0 Å². The first-order valence-electron chi connectivity index (χ1n) is 5.14. The van der Waals surface area contributed by atoms with E-state index in [1.165, 1.54) is 12.8 Å². The molecule has 3 heteroatoms. The highest BCUT2D eigenvalue weighted by Gasteiger charge is 2.24. The van der Waals surface area contributed by atoms with E-state index < -0.39 is 0 Å². The molecule has 0 saturated heterocycles. The third kappa shape index (κ3) is 2.99. The van der Waals surface area contributed by atoms with Crippen molar-refractivity contribution in [2.45, 2.75) is 39.2 Å². The fourth-order valence-electron chi connectivity index (χ4n) is 1.75. The number of nitrogens with two attached hydrogens (primary N) is 1. The molecule has 1 saturated carbocycles. The maximum absolute atomic E-state index is 11.3. The first kappa shape index (κ1) is 10.5. The van der Waals surface area contributed by atoms with Gasteiger partial charge in [0.1, 0.15) is 0 Å². The zero-order valence-electron chi connectivity index (χ0n) is 8.55. The molecule has 0 aromatic heterocycles. The molecule has 0 aliphatic heterocycles. The first-order valence-corrected chi connectivity index (χ1v) is 5.14. The van der Waals surface area contributed by atoms with Crippen molar-refractivity contribution in [1.82, 2.24) is 5.32 Å². The minimum atomic E-state index is 0.0811. The summed E-state index contributed by atoms with van der Waals surface area (Å²) in [5, 5.41) is 2.94. The van der Waals surface area contributed by atoms with Gasteiger partial charge in [-0.05, 0) is 18.8 Å². The molecule has 0 heterocycles. The van der Waals surface area contributed by atoms with Crippen LogP contribution in [0.1, 0.15) is 33.1 Å². The molecule has 0 bridgehead atoms. The molecule has 3 N–H and O–H groups in total. The fraction of sp³-hybridized carbons (Fsp3) is 0.900. The number of carbonyl (C=O) groups excluding carboxylic acids is 1. The molecule has 0 aromatic carbocycles. The van der Waals surface area contributed by atoms with Crippen molar-refractivity contribution in [2.75, 3.05) is 6.54 Å². The van der Waals surface area contributed by atoms with Gasteiger partial charge in [-0.15, -0.1) is 0 Å². The van der Waals surface area contributed by atoms with Crippen LogP contribution in [0.5, 0.6) is 0 Å². The van der Waals surface area contributed by atoms with E-state index in [-0.39, 0.29) is 11.8 Å². The lowest BCUT2D eigenvalue weighted by atomic mass is 10.0. The van der Waals surface area contributed by atoms with E-state index in [0.717, 1.165) is 13.0 Å². The number of hydrogen-bond acceptors (Lipinski definition) is 2. The minimum Gasteiger partial charge on any atom is -0.356 e. The topological polar surface area (TPSA) is 55.1 Å². The average molecular weight is 184 g/mol. The molecule has 13 heavy (non-hydrogen) atoms. The van der Waals surface area contributed by atoms with Gasteiger partial charge in [-0.25, -0.2) is 0 Å². The molecule has 1 rings (SSSR count). The lowest BCUT2D eigenvalue weighted by molar-refractivity contribution is -0.124. The molecule has 0 aromatic rings. The Balaban J connectivity index is 2.22. The highest BCUT2D eigenvalue weighted by atomic mass is 16.1. The van der Waals surface area contributed by atoms with Gasteiger partial charge in [-0.1, -0.05) is 20.3 Å². The Bertz CT molecular complexity index is 180. The summed E-state index contributed by atoms with van der Waals surface area (Å²) in [4.78, 5) is 11.3. The highest BCUT2D eigenvalue weighted by Crippen LogP contribution is 2.22. The molecule has 76 valence electrons. The predicted molar refractivity (Wildman–Crippen MR) is 53.2 cm³/mol. The van der Waals surface area contributed by atoms with Crippen LogP contribution in [0.3, 0.4) is 0 Å². The molecule has 1 aliphatic carbocycles. The van der Waals surface area contributed by atoms with Crippen molar-refractivity contribution in [3.05, 3.63) is 0 Å². The van der Waals surface area contributed by atoms with Gasteiger partial charge in [-0.2, -0.15) is 0 Å². The van der Waals surface area contributed by atoms with Crippen molar-refractivity contribution in [2.24, 2.45) is 17.6 Å². The van der Waals surface area contributed by atoms with Crippen LogP contribution in [0.4, 0.5) is 0 Å². The van der Waals surface area contributed by atoms with Gasteiger partial charge >= 0.3 is 0 Å². The van der Waals surface area contributed by atoms with E-state index in [1.807, 2.05) is 13.8 Å². The monoisotopic (exact) mass is 184 g/mol. The van der Waals surface area contributed by atoms with Gasteiger partial charge in [0.15, 0.2) is 0 Å². The molecule has 2 atom stereocenters. The van der Waals surface area contributed by atoms with Crippen LogP contribution in [-0.4, -0.2) is 18.5 Å². The molecule has 1 amide bonds. The number of nitrogens with one attached hydrogen (secondary N) is 1. The summed E-state index contributed by atoms with van der Waals surface area (Å²) in [5.41, 5.74) is 5.89. The Morgan fingerprint density at radius 3 is 2.69 bits per heavy atom. The van der Waals surface area contributed by atoms with Crippen LogP contribution in [0.2, 0.25) is 0 Å². The third-order valence-electron chi connectivity index (χ3n) is 2.78. The number of amides is 1. The number of rotatable bonds is 3. The van der Waals surface area contributed by atoms with Gasteiger partial charge in [0, 0.05) is 18.5 Å². The van der Waals surface area contributed by atoms with Gasteiger partial charge in [0.05, 0.1) is 0 Å². The SMILES string of the molecule is CC(C)C(=O)NCC1CCCC1N. The fourth-order valence-corrected chi connectivity index (χ4v) is 1.75. The van der Waals surface area contributed by atoms with Crippen molar-refractivity contribution in [1.29, 1.82) is 0 Å². The standard InChI is InChI=1S/C10H20N2O/c1-7(2)10(13)12-6-8-4-3-5-9(8)11/h7-9H,3-6,11H2,1-2H3,(H,12,13). The quantitative estimate of drug-likeness (QED) is 0.684. The van der Waals surface area contributed by atoms with Gasteiger partial charge in [0.2, 0.25) is 5.91 Å². The van der Waals surface area contributed by atoms with Gasteiger partial charge in [-0.3, -0.25) is 4.79 Å². The van der Waals surface area contributed by atoms with Gasteiger partial charge in [0.25, 0.3) is 0 Å². The van der Waals surface area contributed by atoms with E-state index in [9.17, 15) is 4.79 Å². The van der Waals surface area contributed by atoms with Gasteiger partial charge < -0.3 is 11.1 Å². The van der Waals surface area contributed by atoms with Crippen LogP contribution >= 0.6 is 0 Å². The smallest absolute Gasteiger partial charge is 0.222 e. The highest BCUT2D eigenvalue weighted by molar-refractivity contribution is 5.77. The van der Waals surface area contributed by atoms with Crippen LogP contribution in [-0.2, 0) is 4.79 Å². The van der Waals surface area contributed by atoms with Crippen molar-refractivity contribution in [3.63, 3.8) is 0 Å². The van der Waals surface area contributed by atoms with Crippen molar-refractivity contribution >= 4 is 5.91 Å². The Kier molecular flexibility index (Phi) is 3.72. The summed E-state index contributed by atoms with van der Waals surface area (Å²) in [6.07, 6.45) is 3.49. The zero-order valence-corrected chi connectivity index (χ0v) is 8.55. The summed E-state index contributed by atoms with van der Waals surface area (Å²) in [5.74, 6) is 0.722. The van der Waals surface area contributed by atoms with E-state index in [2.05, 4.69) is 5.32 Å². The van der Waals surface area contributed by atoms with Crippen LogP contribution in [0.15, 0.2) is 0 Å². The summed E-state index contributed by atoms with van der Waals surface area (Å²) < 4.78 is 0. The average Bonchev–Trinajstić information content (AvgIpc) is 2.47. The molecule has 0 spiro atoms. The molecular weight excluding hydrogens is 164 g/mol. The Hall–Kier alpha value is -0.570. The van der Waals surface area contributed by atoms with Crippen LogP contribution < -0.4 is 11.1 Å². The maximum atomic E-state index is 11.3. The van der Waals surface area contributed by atoms with Crippen LogP contribution in [0, 0.1) is 11.8 Å². The van der Waals surface area contributed by atoms with Crippen molar-refractivity contribution < 1.29 is 4.79 Å². The Labute approximate surface area is 80.1 Å². The molecule has 2 unspecified atom stereocenters. The normalized spacial score (nSPS) is 28.0. The number of carbonyl (C=O) groups is 1. The summed E-state index contributed by atoms with van der Waals surface area (Å²) in [6, 6.07) is 0.299. The lowest BCUT2D eigenvalue weighted by Gasteiger charge is -2.16. The second-order valence-electron chi connectivity index (χ2n) is 4.25. The second kappa shape index (κ2) is 4.61. The summed E-state index contributed by atoms with van der Waals surface area (Å²) >= 11 is 0. The molecule has 1 aliphatic rings. The predicted octanol–water partition coefficient (Wildman–Crippen LogP) is 0.886. The van der Waals surface area contributed by atoms with E-state index >= 15 is 0 Å². The minimum absolute atomic E-state index is 0.0811. The van der Waals surface area contributed by atoms with Crippen LogP contribution in [0.25, 0.3) is 0 Å². The molecule has 0 radical (unpaired) electrons. The molecule has 3 nitrogen and oxygen atoms in total. The van der Waals surface area contributed by atoms with E-state index in [1.54, 1.807) is 0 Å². The first-order chi connectivity index (χ1) is 6.11.